The van der Waals surface area contributed by atoms with Gasteiger partial charge in [-0.15, -0.1) is 11.3 Å². The Bertz CT molecular complexity index is 804. The molecule has 0 N–H and O–H groups in total. The molecule has 2 heterocycles. The van der Waals surface area contributed by atoms with Gasteiger partial charge in [0.1, 0.15) is 16.2 Å². The van der Waals surface area contributed by atoms with Crippen LogP contribution in [0.15, 0.2) is 53.1 Å². The molecule has 0 fully saturated rings. The third-order valence-electron chi connectivity index (χ3n) is 3.51. The Morgan fingerprint density at radius 1 is 1.26 bits per heavy atom. The van der Waals surface area contributed by atoms with Gasteiger partial charge in [-0.3, -0.25) is 4.79 Å². The standard InChI is InChI=1S/C17H17N3OS2/c1-3-20(13-7-5-4-6-8-13)17(21)12(2)23-16-14-9-10-22-15(14)18-11-19-16/h4-12H,3H2,1-2H3/t12-/m0/s1. The highest BCUT2D eigenvalue weighted by Crippen LogP contribution is 2.31. The average Bonchev–Trinajstić information content (AvgIpc) is 3.06. The molecule has 2 aromatic heterocycles. The molecule has 0 unspecified atom stereocenters. The lowest BCUT2D eigenvalue weighted by atomic mass is 10.2. The molecule has 4 nitrogen and oxygen atoms in total. The van der Waals surface area contributed by atoms with Crippen LogP contribution in [0.25, 0.3) is 10.2 Å². The fourth-order valence-corrected chi connectivity index (χ4v) is 4.13. The van der Waals surface area contributed by atoms with Gasteiger partial charge in [-0.2, -0.15) is 0 Å². The van der Waals surface area contributed by atoms with Gasteiger partial charge in [0.15, 0.2) is 0 Å². The van der Waals surface area contributed by atoms with Crippen molar-refractivity contribution in [1.82, 2.24) is 9.97 Å². The summed E-state index contributed by atoms with van der Waals surface area (Å²) in [6.07, 6.45) is 1.56. The summed E-state index contributed by atoms with van der Waals surface area (Å²) in [5, 5.41) is 3.66. The second-order valence-corrected chi connectivity index (χ2v) is 7.22. The highest BCUT2D eigenvalue weighted by atomic mass is 32.2. The van der Waals surface area contributed by atoms with Crippen molar-refractivity contribution < 1.29 is 4.79 Å². The van der Waals surface area contributed by atoms with E-state index in [4.69, 9.17) is 0 Å². The van der Waals surface area contributed by atoms with Crippen LogP contribution >= 0.6 is 23.1 Å². The molecule has 1 aromatic carbocycles. The molecule has 0 radical (unpaired) electrons. The van der Waals surface area contributed by atoms with Gasteiger partial charge in [-0.05, 0) is 37.4 Å². The number of carbonyl (C=O) groups excluding carboxylic acids is 1. The van der Waals surface area contributed by atoms with Gasteiger partial charge >= 0.3 is 0 Å². The molecule has 0 spiro atoms. The number of anilines is 1. The van der Waals surface area contributed by atoms with E-state index >= 15 is 0 Å². The van der Waals surface area contributed by atoms with Crippen LogP contribution in [0.4, 0.5) is 5.69 Å². The number of hydrogen-bond donors (Lipinski definition) is 0. The minimum Gasteiger partial charge on any atom is -0.312 e. The number of carbonyl (C=O) groups is 1. The van der Waals surface area contributed by atoms with Crippen molar-refractivity contribution in [2.75, 3.05) is 11.4 Å². The third-order valence-corrected chi connectivity index (χ3v) is 5.44. The zero-order valence-corrected chi connectivity index (χ0v) is 14.6. The van der Waals surface area contributed by atoms with E-state index in [1.165, 1.54) is 11.8 Å². The molecule has 0 saturated heterocycles. The Hall–Kier alpha value is -1.92. The summed E-state index contributed by atoms with van der Waals surface area (Å²) < 4.78 is 0. The van der Waals surface area contributed by atoms with Crippen LogP contribution in [0.1, 0.15) is 13.8 Å². The van der Waals surface area contributed by atoms with Crippen molar-refractivity contribution in [3.8, 4) is 0 Å². The maximum Gasteiger partial charge on any atom is 0.240 e. The zero-order chi connectivity index (χ0) is 16.2. The molecular formula is C17H17N3OS2. The Balaban J connectivity index is 1.80. The predicted molar refractivity (Wildman–Crippen MR) is 97.2 cm³/mol. The molecule has 0 aliphatic carbocycles. The first-order valence-electron chi connectivity index (χ1n) is 7.42. The molecule has 118 valence electrons. The van der Waals surface area contributed by atoms with Crippen LogP contribution in [0.5, 0.6) is 0 Å². The average molecular weight is 343 g/mol. The Labute approximate surface area is 143 Å². The van der Waals surface area contributed by atoms with E-state index in [0.29, 0.717) is 6.54 Å². The first-order valence-corrected chi connectivity index (χ1v) is 9.18. The smallest absolute Gasteiger partial charge is 0.240 e. The van der Waals surface area contributed by atoms with Crippen molar-refractivity contribution in [2.24, 2.45) is 0 Å². The number of amides is 1. The molecule has 0 aliphatic heterocycles. The summed E-state index contributed by atoms with van der Waals surface area (Å²) >= 11 is 3.07. The van der Waals surface area contributed by atoms with Crippen molar-refractivity contribution in [3.63, 3.8) is 0 Å². The highest BCUT2D eigenvalue weighted by molar-refractivity contribution is 8.00. The van der Waals surface area contributed by atoms with E-state index in [1.54, 1.807) is 17.7 Å². The lowest BCUT2D eigenvalue weighted by molar-refractivity contribution is -0.117. The number of rotatable bonds is 5. The topological polar surface area (TPSA) is 46.1 Å². The fourth-order valence-electron chi connectivity index (χ4n) is 2.37. The Morgan fingerprint density at radius 2 is 2.04 bits per heavy atom. The number of nitrogens with zero attached hydrogens (tertiary/aromatic N) is 3. The first-order chi connectivity index (χ1) is 11.2. The number of benzene rings is 1. The summed E-state index contributed by atoms with van der Waals surface area (Å²) in [7, 11) is 0. The molecule has 0 saturated carbocycles. The lowest BCUT2D eigenvalue weighted by Gasteiger charge is -2.24. The van der Waals surface area contributed by atoms with Gasteiger partial charge in [-0.25, -0.2) is 9.97 Å². The third kappa shape index (κ3) is 3.38. The summed E-state index contributed by atoms with van der Waals surface area (Å²) in [5.41, 5.74) is 0.927. The molecular weight excluding hydrogens is 326 g/mol. The van der Waals surface area contributed by atoms with Crippen molar-refractivity contribution in [2.45, 2.75) is 24.1 Å². The molecule has 6 heteroatoms. The monoisotopic (exact) mass is 343 g/mol. The Kier molecular flexibility index (Phi) is 4.93. The van der Waals surface area contributed by atoms with Crippen LogP contribution in [-0.2, 0) is 4.79 Å². The van der Waals surface area contributed by atoms with E-state index in [1.807, 2.05) is 60.5 Å². The first kappa shape index (κ1) is 16.0. The predicted octanol–water partition coefficient (Wildman–Crippen LogP) is 4.23. The van der Waals surface area contributed by atoms with Gasteiger partial charge in [0.2, 0.25) is 5.91 Å². The second kappa shape index (κ2) is 7.10. The Morgan fingerprint density at radius 3 is 2.78 bits per heavy atom. The van der Waals surface area contributed by atoms with Gasteiger partial charge in [0, 0.05) is 17.6 Å². The minimum atomic E-state index is -0.215. The van der Waals surface area contributed by atoms with E-state index in [0.717, 1.165) is 20.9 Å². The van der Waals surface area contributed by atoms with Crippen LogP contribution in [-0.4, -0.2) is 27.7 Å². The molecule has 1 atom stereocenters. The van der Waals surface area contributed by atoms with E-state index in [-0.39, 0.29) is 11.2 Å². The van der Waals surface area contributed by atoms with Crippen LogP contribution in [0.2, 0.25) is 0 Å². The number of para-hydroxylation sites is 1. The fraction of sp³-hybridized carbons (Fsp3) is 0.235. The summed E-state index contributed by atoms with van der Waals surface area (Å²) in [5.74, 6) is 0.0886. The molecule has 0 aliphatic rings. The summed E-state index contributed by atoms with van der Waals surface area (Å²) in [6, 6.07) is 11.8. The van der Waals surface area contributed by atoms with Gasteiger partial charge in [0.05, 0.1) is 5.25 Å². The van der Waals surface area contributed by atoms with Crippen LogP contribution < -0.4 is 4.90 Å². The molecule has 3 rings (SSSR count). The second-order valence-electron chi connectivity index (χ2n) is 5.00. The number of thiophene rings is 1. The maximum atomic E-state index is 12.8. The SMILES string of the molecule is CCN(C(=O)[C@H](C)Sc1ncnc2sccc12)c1ccccc1. The van der Waals surface area contributed by atoms with E-state index in [2.05, 4.69) is 9.97 Å². The van der Waals surface area contributed by atoms with Crippen molar-refractivity contribution in [1.29, 1.82) is 0 Å². The van der Waals surface area contributed by atoms with Crippen molar-refractivity contribution in [3.05, 3.63) is 48.1 Å². The maximum absolute atomic E-state index is 12.8. The summed E-state index contributed by atoms with van der Waals surface area (Å²) in [4.78, 5) is 24.2. The number of hydrogen-bond acceptors (Lipinski definition) is 5. The highest BCUT2D eigenvalue weighted by Gasteiger charge is 2.23. The minimum absolute atomic E-state index is 0.0886. The lowest BCUT2D eigenvalue weighted by Crippen LogP contribution is -2.36. The molecule has 23 heavy (non-hydrogen) atoms. The zero-order valence-electron chi connectivity index (χ0n) is 13.0. The number of fused-ring (bicyclic) bond motifs is 1. The van der Waals surface area contributed by atoms with E-state index in [9.17, 15) is 4.79 Å². The van der Waals surface area contributed by atoms with Crippen molar-refractivity contribution >= 4 is 44.9 Å². The van der Waals surface area contributed by atoms with E-state index < -0.39 is 0 Å². The van der Waals surface area contributed by atoms with Crippen LogP contribution in [0, 0.1) is 0 Å². The van der Waals surface area contributed by atoms with Gasteiger partial charge < -0.3 is 4.90 Å². The molecule has 1 amide bonds. The molecule has 3 aromatic rings. The normalized spacial score (nSPS) is 12.3. The number of thioether (sulfide) groups is 1. The quantitative estimate of drug-likeness (QED) is 0.514. The van der Waals surface area contributed by atoms with Gasteiger partial charge in [0.25, 0.3) is 0 Å². The largest absolute Gasteiger partial charge is 0.312 e. The molecule has 0 bridgehead atoms. The van der Waals surface area contributed by atoms with Gasteiger partial charge in [-0.1, -0.05) is 30.0 Å². The van der Waals surface area contributed by atoms with Crippen LogP contribution in [0.3, 0.4) is 0 Å². The summed E-state index contributed by atoms with van der Waals surface area (Å²) in [6.45, 7) is 4.56. The number of aromatic nitrogens is 2.